The molecule has 0 spiro atoms. The SMILES string of the molecule is CCNC1(c2nc3c(s2)CCCC3)CCCC(C)C1. The molecule has 1 heterocycles. The summed E-state index contributed by atoms with van der Waals surface area (Å²) in [6.45, 7) is 5.68. The lowest BCUT2D eigenvalue weighted by Gasteiger charge is -2.39. The lowest BCUT2D eigenvalue weighted by molar-refractivity contribution is 0.190. The van der Waals surface area contributed by atoms with Gasteiger partial charge in [0.05, 0.1) is 11.2 Å². The summed E-state index contributed by atoms with van der Waals surface area (Å²) in [5, 5.41) is 5.20. The molecule has 2 aliphatic carbocycles. The Hall–Kier alpha value is -0.410. The molecule has 0 bridgehead atoms. The zero-order valence-corrected chi connectivity index (χ0v) is 13.1. The fraction of sp³-hybridized carbons (Fsp3) is 0.812. The van der Waals surface area contributed by atoms with Gasteiger partial charge in [-0.2, -0.15) is 0 Å². The highest BCUT2D eigenvalue weighted by molar-refractivity contribution is 7.11. The molecule has 0 aliphatic heterocycles. The van der Waals surface area contributed by atoms with Crippen molar-refractivity contribution >= 4 is 11.3 Å². The largest absolute Gasteiger partial charge is 0.306 e. The minimum absolute atomic E-state index is 0.189. The van der Waals surface area contributed by atoms with Gasteiger partial charge in [-0.25, -0.2) is 4.98 Å². The Kier molecular flexibility index (Phi) is 3.95. The molecule has 106 valence electrons. The van der Waals surface area contributed by atoms with Crippen LogP contribution >= 0.6 is 11.3 Å². The van der Waals surface area contributed by atoms with Crippen molar-refractivity contribution in [2.24, 2.45) is 5.92 Å². The van der Waals surface area contributed by atoms with Crippen LogP contribution in [-0.4, -0.2) is 11.5 Å². The number of hydrogen-bond acceptors (Lipinski definition) is 3. The number of fused-ring (bicyclic) bond motifs is 1. The molecule has 0 aromatic carbocycles. The van der Waals surface area contributed by atoms with Crippen molar-refractivity contribution in [3.05, 3.63) is 15.6 Å². The minimum Gasteiger partial charge on any atom is -0.306 e. The van der Waals surface area contributed by atoms with Gasteiger partial charge in [-0.15, -0.1) is 11.3 Å². The van der Waals surface area contributed by atoms with Gasteiger partial charge in [0, 0.05) is 4.88 Å². The number of hydrogen-bond donors (Lipinski definition) is 1. The van der Waals surface area contributed by atoms with Crippen LogP contribution in [-0.2, 0) is 18.4 Å². The highest BCUT2D eigenvalue weighted by Crippen LogP contribution is 2.43. The van der Waals surface area contributed by atoms with Crippen LogP contribution < -0.4 is 5.32 Å². The quantitative estimate of drug-likeness (QED) is 0.902. The van der Waals surface area contributed by atoms with Crippen LogP contribution in [0.1, 0.15) is 68.0 Å². The molecule has 0 amide bonds. The van der Waals surface area contributed by atoms with Gasteiger partial charge in [0.15, 0.2) is 0 Å². The summed E-state index contributed by atoms with van der Waals surface area (Å²) in [5.74, 6) is 0.828. The maximum atomic E-state index is 5.06. The predicted octanol–water partition coefficient (Wildman–Crippen LogP) is 4.04. The smallest absolute Gasteiger partial charge is 0.113 e. The van der Waals surface area contributed by atoms with Gasteiger partial charge in [-0.1, -0.05) is 26.7 Å². The average molecular weight is 278 g/mol. The summed E-state index contributed by atoms with van der Waals surface area (Å²) in [5.41, 5.74) is 1.61. The molecule has 1 N–H and O–H groups in total. The molecule has 1 fully saturated rings. The molecule has 0 radical (unpaired) electrons. The van der Waals surface area contributed by atoms with Crippen LogP contribution in [0.15, 0.2) is 0 Å². The van der Waals surface area contributed by atoms with Gasteiger partial charge in [0.2, 0.25) is 0 Å². The molecule has 1 aromatic rings. The third-order valence-electron chi connectivity index (χ3n) is 4.77. The monoisotopic (exact) mass is 278 g/mol. The van der Waals surface area contributed by atoms with Crippen molar-refractivity contribution < 1.29 is 0 Å². The van der Waals surface area contributed by atoms with Gasteiger partial charge in [-0.05, 0) is 51.0 Å². The summed E-state index contributed by atoms with van der Waals surface area (Å²) in [7, 11) is 0. The standard InChI is InChI=1S/C16H26N2S/c1-3-17-16(10-6-7-12(2)11-16)15-18-13-8-4-5-9-14(13)19-15/h12,17H,3-11H2,1-2H3. The van der Waals surface area contributed by atoms with Crippen molar-refractivity contribution in [3.63, 3.8) is 0 Å². The summed E-state index contributed by atoms with van der Waals surface area (Å²) < 4.78 is 0. The Morgan fingerprint density at radius 1 is 1.32 bits per heavy atom. The number of nitrogens with one attached hydrogen (secondary N) is 1. The zero-order chi connectivity index (χ0) is 13.3. The van der Waals surface area contributed by atoms with Gasteiger partial charge in [0.1, 0.15) is 5.01 Å². The minimum atomic E-state index is 0.189. The van der Waals surface area contributed by atoms with Gasteiger partial charge < -0.3 is 5.32 Å². The third-order valence-corrected chi connectivity index (χ3v) is 6.13. The van der Waals surface area contributed by atoms with Crippen molar-refractivity contribution in [1.82, 2.24) is 10.3 Å². The van der Waals surface area contributed by atoms with Crippen LogP contribution in [0.4, 0.5) is 0 Å². The molecule has 1 aromatic heterocycles. The van der Waals surface area contributed by atoms with E-state index in [-0.39, 0.29) is 5.54 Å². The van der Waals surface area contributed by atoms with E-state index in [0.717, 1.165) is 12.5 Å². The van der Waals surface area contributed by atoms with E-state index in [1.165, 1.54) is 62.1 Å². The lowest BCUT2D eigenvalue weighted by atomic mass is 9.76. The number of nitrogens with zero attached hydrogens (tertiary/aromatic N) is 1. The summed E-state index contributed by atoms with van der Waals surface area (Å²) in [6, 6.07) is 0. The van der Waals surface area contributed by atoms with Crippen molar-refractivity contribution in [2.45, 2.75) is 70.8 Å². The molecule has 3 heteroatoms. The van der Waals surface area contributed by atoms with E-state index < -0.39 is 0 Å². The van der Waals surface area contributed by atoms with Gasteiger partial charge in [-0.3, -0.25) is 0 Å². The molecule has 2 aliphatic rings. The predicted molar refractivity (Wildman–Crippen MR) is 81.7 cm³/mol. The topological polar surface area (TPSA) is 24.9 Å². The lowest BCUT2D eigenvalue weighted by Crippen LogP contribution is -2.45. The number of rotatable bonds is 3. The molecule has 0 saturated heterocycles. The average Bonchev–Trinajstić information content (AvgIpc) is 2.83. The van der Waals surface area contributed by atoms with E-state index in [9.17, 15) is 0 Å². The first-order valence-corrected chi connectivity index (χ1v) is 8.79. The van der Waals surface area contributed by atoms with E-state index in [0.29, 0.717) is 0 Å². The first-order valence-electron chi connectivity index (χ1n) is 7.97. The summed E-state index contributed by atoms with van der Waals surface area (Å²) >= 11 is 2.01. The Balaban J connectivity index is 1.92. The van der Waals surface area contributed by atoms with E-state index in [1.807, 2.05) is 11.3 Å². The van der Waals surface area contributed by atoms with Gasteiger partial charge in [0.25, 0.3) is 0 Å². The van der Waals surface area contributed by atoms with Crippen LogP contribution in [0.3, 0.4) is 0 Å². The van der Waals surface area contributed by atoms with E-state index in [1.54, 1.807) is 4.88 Å². The first-order chi connectivity index (χ1) is 9.23. The van der Waals surface area contributed by atoms with Crippen molar-refractivity contribution in [1.29, 1.82) is 0 Å². The molecule has 2 atom stereocenters. The van der Waals surface area contributed by atoms with Crippen LogP contribution in [0.25, 0.3) is 0 Å². The molecular weight excluding hydrogens is 252 g/mol. The number of aryl methyl sites for hydroxylation is 2. The fourth-order valence-corrected chi connectivity index (χ4v) is 5.23. The second kappa shape index (κ2) is 5.53. The Morgan fingerprint density at radius 3 is 2.89 bits per heavy atom. The Bertz CT molecular complexity index is 412. The third kappa shape index (κ3) is 2.59. The molecule has 2 unspecified atom stereocenters. The van der Waals surface area contributed by atoms with E-state index >= 15 is 0 Å². The maximum Gasteiger partial charge on any atom is 0.113 e. The molecule has 2 nitrogen and oxygen atoms in total. The van der Waals surface area contributed by atoms with Crippen molar-refractivity contribution in [3.8, 4) is 0 Å². The van der Waals surface area contributed by atoms with Gasteiger partial charge >= 0.3 is 0 Å². The van der Waals surface area contributed by atoms with E-state index in [2.05, 4.69) is 19.2 Å². The van der Waals surface area contributed by atoms with Crippen LogP contribution in [0, 0.1) is 5.92 Å². The Labute approximate surface area is 121 Å². The number of thiazole rings is 1. The summed E-state index contributed by atoms with van der Waals surface area (Å²) in [4.78, 5) is 6.64. The fourth-order valence-electron chi connectivity index (χ4n) is 3.88. The second-order valence-corrected chi connectivity index (χ2v) is 7.49. The molecule has 1 saturated carbocycles. The number of aromatic nitrogens is 1. The second-order valence-electron chi connectivity index (χ2n) is 6.41. The van der Waals surface area contributed by atoms with E-state index in [4.69, 9.17) is 4.98 Å². The molecule has 19 heavy (non-hydrogen) atoms. The highest BCUT2D eigenvalue weighted by atomic mass is 32.1. The summed E-state index contributed by atoms with van der Waals surface area (Å²) in [6.07, 6.45) is 10.5. The highest BCUT2D eigenvalue weighted by Gasteiger charge is 2.39. The van der Waals surface area contributed by atoms with Crippen molar-refractivity contribution in [2.75, 3.05) is 6.54 Å². The van der Waals surface area contributed by atoms with Crippen LogP contribution in [0.5, 0.6) is 0 Å². The first kappa shape index (κ1) is 13.6. The molecular formula is C16H26N2S. The molecule has 3 rings (SSSR count). The Morgan fingerprint density at radius 2 is 2.16 bits per heavy atom. The van der Waals surface area contributed by atoms with Crippen LogP contribution in [0.2, 0.25) is 0 Å². The normalized spacial score (nSPS) is 31.2. The zero-order valence-electron chi connectivity index (χ0n) is 12.3. The maximum absolute atomic E-state index is 5.06.